The Kier molecular flexibility index (Phi) is 4.97. The van der Waals surface area contributed by atoms with E-state index in [1.165, 1.54) is 55.9 Å². The first-order valence-electron chi connectivity index (χ1n) is 8.59. The van der Waals surface area contributed by atoms with Crippen LogP contribution in [0, 0.1) is 5.92 Å². The molecule has 0 aliphatic heterocycles. The number of fused-ring (bicyclic) bond motifs is 1. The summed E-state index contributed by atoms with van der Waals surface area (Å²) in [6, 6.07) is 8.89. The predicted molar refractivity (Wildman–Crippen MR) is 88.4 cm³/mol. The van der Waals surface area contributed by atoms with E-state index in [-0.39, 0.29) is 0 Å². The molecule has 1 saturated carbocycles. The van der Waals surface area contributed by atoms with Gasteiger partial charge in [0.1, 0.15) is 5.58 Å². The van der Waals surface area contributed by atoms with Crippen LogP contribution >= 0.6 is 0 Å². The highest BCUT2D eigenvalue weighted by Gasteiger charge is 2.26. The minimum Gasteiger partial charge on any atom is -0.464 e. The van der Waals surface area contributed by atoms with Crippen molar-refractivity contribution in [2.24, 2.45) is 5.92 Å². The molecule has 3 rings (SSSR count). The van der Waals surface area contributed by atoms with Gasteiger partial charge in [0.2, 0.25) is 0 Å². The van der Waals surface area contributed by atoms with Gasteiger partial charge < -0.3 is 9.73 Å². The number of nitrogens with one attached hydrogen (secondary N) is 1. The summed E-state index contributed by atoms with van der Waals surface area (Å²) >= 11 is 0. The third-order valence-corrected chi connectivity index (χ3v) is 4.83. The number of hydrogen-bond acceptors (Lipinski definition) is 2. The standard InChI is InChI=1S/C19H27NO/c1-2-13-20-19(15-9-5-3-4-6-10-15)17-14-21-18-12-8-7-11-16(17)18/h7-8,11-12,14-15,19-20H,2-6,9-10,13H2,1H3. The Morgan fingerprint density at radius 3 is 2.67 bits per heavy atom. The van der Waals surface area contributed by atoms with Crippen LogP contribution in [0.1, 0.15) is 63.5 Å². The van der Waals surface area contributed by atoms with E-state index in [0.29, 0.717) is 6.04 Å². The van der Waals surface area contributed by atoms with Crippen molar-refractivity contribution in [3.63, 3.8) is 0 Å². The molecule has 2 aromatic rings. The summed E-state index contributed by atoms with van der Waals surface area (Å²) in [7, 11) is 0. The second-order valence-electron chi connectivity index (χ2n) is 6.37. The van der Waals surface area contributed by atoms with Crippen molar-refractivity contribution >= 4 is 11.0 Å². The number of para-hydroxylation sites is 1. The zero-order chi connectivity index (χ0) is 14.5. The van der Waals surface area contributed by atoms with Crippen LogP contribution in [-0.2, 0) is 0 Å². The van der Waals surface area contributed by atoms with E-state index in [0.717, 1.165) is 18.0 Å². The van der Waals surface area contributed by atoms with Crippen LogP contribution in [0.3, 0.4) is 0 Å². The molecule has 1 aliphatic rings. The van der Waals surface area contributed by atoms with Crippen LogP contribution in [-0.4, -0.2) is 6.54 Å². The van der Waals surface area contributed by atoms with E-state index in [2.05, 4.69) is 36.5 Å². The largest absolute Gasteiger partial charge is 0.464 e. The summed E-state index contributed by atoms with van der Waals surface area (Å²) in [6.45, 7) is 3.32. The Morgan fingerprint density at radius 2 is 1.90 bits per heavy atom. The summed E-state index contributed by atoms with van der Waals surface area (Å²) in [5.74, 6) is 0.750. The molecule has 1 atom stereocenters. The average Bonchev–Trinajstić information content (AvgIpc) is 2.75. The predicted octanol–water partition coefficient (Wildman–Crippen LogP) is 5.44. The number of benzene rings is 1. The van der Waals surface area contributed by atoms with Gasteiger partial charge in [0.05, 0.1) is 6.26 Å². The fraction of sp³-hybridized carbons (Fsp3) is 0.579. The molecule has 114 valence electrons. The quantitative estimate of drug-likeness (QED) is 0.739. The fourth-order valence-corrected chi connectivity index (χ4v) is 3.71. The van der Waals surface area contributed by atoms with Crippen LogP contribution in [0.4, 0.5) is 0 Å². The lowest BCUT2D eigenvalue weighted by Crippen LogP contribution is -2.28. The highest BCUT2D eigenvalue weighted by molar-refractivity contribution is 5.81. The molecule has 0 spiro atoms. The lowest BCUT2D eigenvalue weighted by molar-refractivity contribution is 0.325. The SMILES string of the molecule is CCCNC(c1coc2ccccc12)C1CCCCCC1. The topological polar surface area (TPSA) is 25.2 Å². The second-order valence-corrected chi connectivity index (χ2v) is 6.37. The van der Waals surface area contributed by atoms with E-state index in [4.69, 9.17) is 4.42 Å². The maximum Gasteiger partial charge on any atom is 0.134 e. The maximum atomic E-state index is 5.79. The van der Waals surface area contributed by atoms with E-state index < -0.39 is 0 Å². The molecule has 1 aromatic heterocycles. The van der Waals surface area contributed by atoms with E-state index in [1.807, 2.05) is 6.26 Å². The molecule has 1 aromatic carbocycles. The van der Waals surface area contributed by atoms with Gasteiger partial charge in [-0.1, -0.05) is 50.8 Å². The van der Waals surface area contributed by atoms with Crippen LogP contribution in [0.5, 0.6) is 0 Å². The highest BCUT2D eigenvalue weighted by atomic mass is 16.3. The number of furan rings is 1. The van der Waals surface area contributed by atoms with E-state index >= 15 is 0 Å². The van der Waals surface area contributed by atoms with Gasteiger partial charge in [0.25, 0.3) is 0 Å². The van der Waals surface area contributed by atoms with Gasteiger partial charge in [-0.3, -0.25) is 0 Å². The van der Waals surface area contributed by atoms with E-state index in [9.17, 15) is 0 Å². The first kappa shape index (κ1) is 14.6. The summed E-state index contributed by atoms with van der Waals surface area (Å²) in [6.07, 6.45) is 11.4. The van der Waals surface area contributed by atoms with Gasteiger partial charge in [-0.25, -0.2) is 0 Å². The first-order chi connectivity index (χ1) is 10.4. The van der Waals surface area contributed by atoms with Crippen LogP contribution in [0.25, 0.3) is 11.0 Å². The first-order valence-corrected chi connectivity index (χ1v) is 8.59. The molecule has 0 amide bonds. The monoisotopic (exact) mass is 285 g/mol. The Labute approximate surface area is 127 Å². The molecule has 1 fully saturated rings. The van der Waals surface area contributed by atoms with Crippen molar-refractivity contribution in [2.45, 2.75) is 57.9 Å². The highest BCUT2D eigenvalue weighted by Crippen LogP contribution is 2.37. The summed E-state index contributed by atoms with van der Waals surface area (Å²) in [4.78, 5) is 0. The third-order valence-electron chi connectivity index (χ3n) is 4.83. The molecule has 2 nitrogen and oxygen atoms in total. The van der Waals surface area contributed by atoms with Gasteiger partial charge in [-0.05, 0) is 37.8 Å². The second kappa shape index (κ2) is 7.13. The normalized spacial score (nSPS) is 18.7. The molecule has 1 aliphatic carbocycles. The summed E-state index contributed by atoms with van der Waals surface area (Å²) in [5, 5.41) is 5.09. The molecule has 1 unspecified atom stereocenters. The Balaban J connectivity index is 1.90. The Hall–Kier alpha value is -1.28. The van der Waals surface area contributed by atoms with Crippen LogP contribution in [0.2, 0.25) is 0 Å². The Bertz CT molecular complexity index is 551. The smallest absolute Gasteiger partial charge is 0.134 e. The molecular weight excluding hydrogens is 258 g/mol. The lowest BCUT2D eigenvalue weighted by Gasteiger charge is -2.27. The van der Waals surface area contributed by atoms with Gasteiger partial charge in [0.15, 0.2) is 0 Å². The lowest BCUT2D eigenvalue weighted by atomic mass is 9.87. The van der Waals surface area contributed by atoms with E-state index in [1.54, 1.807) is 0 Å². The third kappa shape index (κ3) is 3.32. The van der Waals surface area contributed by atoms with Crippen molar-refractivity contribution in [2.75, 3.05) is 6.54 Å². The van der Waals surface area contributed by atoms with Crippen LogP contribution < -0.4 is 5.32 Å². The fourth-order valence-electron chi connectivity index (χ4n) is 3.71. The van der Waals surface area contributed by atoms with Crippen molar-refractivity contribution in [1.29, 1.82) is 0 Å². The molecule has 21 heavy (non-hydrogen) atoms. The van der Waals surface area contributed by atoms with Crippen LogP contribution in [0.15, 0.2) is 34.9 Å². The zero-order valence-electron chi connectivity index (χ0n) is 13.1. The molecule has 1 N–H and O–H groups in total. The number of rotatable bonds is 5. The average molecular weight is 285 g/mol. The van der Waals surface area contributed by atoms with Gasteiger partial charge in [-0.15, -0.1) is 0 Å². The molecule has 2 heteroatoms. The van der Waals surface area contributed by atoms with Gasteiger partial charge >= 0.3 is 0 Å². The summed E-state index contributed by atoms with van der Waals surface area (Å²) < 4.78 is 5.79. The van der Waals surface area contributed by atoms with Crippen molar-refractivity contribution in [3.05, 3.63) is 36.1 Å². The van der Waals surface area contributed by atoms with Crippen molar-refractivity contribution in [1.82, 2.24) is 5.32 Å². The minimum atomic E-state index is 0.451. The van der Waals surface area contributed by atoms with Gasteiger partial charge in [0, 0.05) is 17.0 Å². The Morgan fingerprint density at radius 1 is 1.14 bits per heavy atom. The molecule has 0 bridgehead atoms. The van der Waals surface area contributed by atoms with Crippen molar-refractivity contribution in [3.8, 4) is 0 Å². The molecule has 0 radical (unpaired) electrons. The maximum absolute atomic E-state index is 5.79. The molecule has 0 saturated heterocycles. The zero-order valence-corrected chi connectivity index (χ0v) is 13.1. The molecular formula is C19H27NO. The molecule has 1 heterocycles. The van der Waals surface area contributed by atoms with Crippen molar-refractivity contribution < 1.29 is 4.42 Å². The minimum absolute atomic E-state index is 0.451. The summed E-state index contributed by atoms with van der Waals surface area (Å²) in [5.41, 5.74) is 2.38. The van der Waals surface area contributed by atoms with Gasteiger partial charge in [-0.2, -0.15) is 0 Å². The number of hydrogen-bond donors (Lipinski definition) is 1.